The van der Waals surface area contributed by atoms with Crippen molar-refractivity contribution >= 4 is 10.0 Å². The lowest BCUT2D eigenvalue weighted by Crippen LogP contribution is -2.05. The first-order valence-corrected chi connectivity index (χ1v) is 12.5. The first-order valence-electron chi connectivity index (χ1n) is 10.4. The van der Waals surface area contributed by atoms with Gasteiger partial charge in [-0.3, -0.25) is 0 Å². The van der Waals surface area contributed by atoms with Crippen LogP contribution in [-0.4, -0.2) is 32.7 Å². The lowest BCUT2D eigenvalue weighted by atomic mass is 10.3. The second-order valence-corrected chi connectivity index (χ2v) is 10.2. The Morgan fingerprint density at radius 3 is 1.41 bits per heavy atom. The minimum Gasteiger partial charge on any atom is -0.498 e. The molecular weight excluding hydrogens is 420 g/mol. The summed E-state index contributed by atoms with van der Waals surface area (Å²) >= 11 is 0. The minimum atomic E-state index is -1.45. The van der Waals surface area contributed by atoms with Crippen molar-refractivity contribution < 1.29 is 18.9 Å². The monoisotopic (exact) mass is 450 g/mol. The Morgan fingerprint density at radius 1 is 0.594 bits per heavy atom. The highest BCUT2D eigenvalue weighted by Crippen LogP contribution is 2.65. The molecule has 32 heavy (non-hydrogen) atoms. The van der Waals surface area contributed by atoms with Crippen molar-refractivity contribution in [3.8, 4) is 11.5 Å². The summed E-state index contributed by atoms with van der Waals surface area (Å²) in [6, 6.07) is 27.3. The smallest absolute Gasteiger partial charge is 0.122 e. The molecule has 0 aliphatic heterocycles. The summed E-state index contributed by atoms with van der Waals surface area (Å²) in [5.41, 5.74) is 0. The maximum atomic E-state index is 5.76. The molecule has 0 aliphatic carbocycles. The molecule has 0 atom stereocenters. The van der Waals surface area contributed by atoms with Gasteiger partial charge in [-0.05, 0) is 81.6 Å². The van der Waals surface area contributed by atoms with Crippen LogP contribution in [0.5, 0.6) is 11.5 Å². The molecule has 0 spiro atoms. The van der Waals surface area contributed by atoms with E-state index in [9.17, 15) is 0 Å². The molecule has 4 nitrogen and oxygen atoms in total. The summed E-state index contributed by atoms with van der Waals surface area (Å²) in [5.74, 6) is 1.64. The molecule has 3 aromatic rings. The summed E-state index contributed by atoms with van der Waals surface area (Å²) in [6.07, 6.45) is 5.17. The first kappa shape index (κ1) is 23.4. The number of hydrogen-bond acceptors (Lipinski definition) is 4. The average molecular weight is 451 g/mol. The van der Waals surface area contributed by atoms with Gasteiger partial charge in [-0.1, -0.05) is 31.4 Å². The topological polar surface area (TPSA) is 36.9 Å². The van der Waals surface area contributed by atoms with Crippen molar-refractivity contribution in [2.24, 2.45) is 0 Å². The molecule has 0 aliphatic rings. The minimum absolute atomic E-state index is 0.479. The van der Waals surface area contributed by atoms with E-state index in [4.69, 9.17) is 18.9 Å². The molecule has 3 aromatic carbocycles. The van der Waals surface area contributed by atoms with Crippen LogP contribution in [0.25, 0.3) is 0 Å². The number of rotatable bonds is 13. The third kappa shape index (κ3) is 5.89. The van der Waals surface area contributed by atoms with Crippen molar-refractivity contribution in [3.05, 3.63) is 105 Å². The van der Waals surface area contributed by atoms with Crippen LogP contribution in [0, 0.1) is 0 Å². The van der Waals surface area contributed by atoms with Crippen molar-refractivity contribution in [3.63, 3.8) is 0 Å². The SMILES string of the molecule is C=COCCOc1ccc(S(C)(c2ccccc2)c2ccc(OCCOC=C)cc2)cc1. The van der Waals surface area contributed by atoms with Crippen LogP contribution in [0.15, 0.2) is 119 Å². The largest absolute Gasteiger partial charge is 0.498 e. The average Bonchev–Trinajstić information content (AvgIpc) is 2.85. The van der Waals surface area contributed by atoms with Crippen LogP contribution in [0.3, 0.4) is 0 Å². The van der Waals surface area contributed by atoms with Crippen LogP contribution in [0.2, 0.25) is 0 Å². The van der Waals surface area contributed by atoms with E-state index in [1.807, 2.05) is 30.3 Å². The number of benzene rings is 3. The van der Waals surface area contributed by atoms with Crippen LogP contribution < -0.4 is 9.47 Å². The van der Waals surface area contributed by atoms with Crippen molar-refractivity contribution in [1.29, 1.82) is 0 Å². The highest BCUT2D eigenvalue weighted by Gasteiger charge is 2.26. The Morgan fingerprint density at radius 2 is 1.00 bits per heavy atom. The maximum absolute atomic E-state index is 5.76. The molecule has 0 saturated heterocycles. The molecule has 168 valence electrons. The van der Waals surface area contributed by atoms with Gasteiger partial charge in [0.1, 0.15) is 37.9 Å². The van der Waals surface area contributed by atoms with Crippen LogP contribution in [0.1, 0.15) is 0 Å². The molecule has 0 amide bonds. The zero-order valence-corrected chi connectivity index (χ0v) is 19.3. The van der Waals surface area contributed by atoms with E-state index in [1.165, 1.54) is 27.2 Å². The van der Waals surface area contributed by atoms with Gasteiger partial charge in [-0.15, -0.1) is 0 Å². The van der Waals surface area contributed by atoms with E-state index in [-0.39, 0.29) is 0 Å². The van der Waals surface area contributed by atoms with Crippen molar-refractivity contribution in [2.75, 3.05) is 32.7 Å². The fraction of sp³-hybridized carbons (Fsp3) is 0.185. The second kappa shape index (κ2) is 11.9. The van der Waals surface area contributed by atoms with E-state index in [2.05, 4.69) is 67.9 Å². The van der Waals surface area contributed by atoms with Crippen LogP contribution in [0.4, 0.5) is 0 Å². The van der Waals surface area contributed by atoms with Gasteiger partial charge in [0.25, 0.3) is 0 Å². The predicted octanol–water partition coefficient (Wildman–Crippen LogP) is 6.68. The lowest BCUT2D eigenvalue weighted by molar-refractivity contribution is 0.179. The van der Waals surface area contributed by atoms with E-state index in [0.29, 0.717) is 26.4 Å². The third-order valence-electron chi connectivity index (χ3n) is 4.98. The highest BCUT2D eigenvalue weighted by molar-refractivity contribution is 8.33. The molecule has 0 radical (unpaired) electrons. The summed E-state index contributed by atoms with van der Waals surface area (Å²) in [4.78, 5) is 3.80. The fourth-order valence-corrected chi connectivity index (χ4v) is 6.18. The summed E-state index contributed by atoms with van der Waals surface area (Å²) in [6.45, 7) is 8.99. The zero-order chi connectivity index (χ0) is 22.7. The zero-order valence-electron chi connectivity index (χ0n) is 18.4. The summed E-state index contributed by atoms with van der Waals surface area (Å²) in [7, 11) is -1.45. The van der Waals surface area contributed by atoms with Gasteiger partial charge in [0.15, 0.2) is 0 Å². The molecule has 0 bridgehead atoms. The fourth-order valence-electron chi connectivity index (χ4n) is 3.30. The van der Waals surface area contributed by atoms with E-state index in [1.54, 1.807) is 0 Å². The standard InChI is InChI=1S/C27H30O4S/c1-4-28-19-21-30-23-11-15-26(16-12-23)32(3,25-9-7-6-8-10-25)27-17-13-24(14-18-27)31-22-20-29-5-2/h4-18H,1-2,19-22H2,3H3. The van der Waals surface area contributed by atoms with Gasteiger partial charge in [-0.25, -0.2) is 0 Å². The van der Waals surface area contributed by atoms with Gasteiger partial charge in [0, 0.05) is 0 Å². The molecule has 0 aromatic heterocycles. The van der Waals surface area contributed by atoms with Gasteiger partial charge in [0.2, 0.25) is 0 Å². The van der Waals surface area contributed by atoms with Gasteiger partial charge >= 0.3 is 0 Å². The lowest BCUT2D eigenvalue weighted by Gasteiger charge is -2.37. The van der Waals surface area contributed by atoms with Gasteiger partial charge in [-0.2, -0.15) is 10.0 Å². The van der Waals surface area contributed by atoms with Crippen molar-refractivity contribution in [1.82, 2.24) is 0 Å². The Labute approximate surface area is 192 Å². The molecular formula is C27H30O4S. The highest BCUT2D eigenvalue weighted by atomic mass is 32.3. The number of ether oxygens (including phenoxy) is 4. The quantitative estimate of drug-likeness (QED) is 0.215. The summed E-state index contributed by atoms with van der Waals surface area (Å²) < 4.78 is 21.8. The third-order valence-corrected chi connectivity index (χ3v) is 8.63. The van der Waals surface area contributed by atoms with Gasteiger partial charge < -0.3 is 18.9 Å². The Balaban J connectivity index is 1.84. The van der Waals surface area contributed by atoms with E-state index in [0.717, 1.165) is 11.5 Å². The normalized spacial score (nSPS) is 11.3. The van der Waals surface area contributed by atoms with E-state index >= 15 is 0 Å². The Kier molecular flexibility index (Phi) is 8.70. The first-order chi connectivity index (χ1) is 15.7. The summed E-state index contributed by atoms with van der Waals surface area (Å²) in [5, 5.41) is 0. The molecule has 0 saturated carbocycles. The van der Waals surface area contributed by atoms with E-state index < -0.39 is 10.0 Å². The second-order valence-electron chi connectivity index (χ2n) is 6.95. The molecule has 5 heteroatoms. The van der Waals surface area contributed by atoms with Crippen molar-refractivity contribution in [2.45, 2.75) is 14.7 Å². The Bertz CT molecular complexity index is 909. The van der Waals surface area contributed by atoms with Crippen LogP contribution in [-0.2, 0) is 9.47 Å². The molecule has 3 rings (SSSR count). The Hall–Kier alpha value is -3.31. The predicted molar refractivity (Wildman–Crippen MR) is 131 cm³/mol. The molecule has 0 heterocycles. The van der Waals surface area contributed by atoms with Gasteiger partial charge in [0.05, 0.1) is 12.5 Å². The molecule has 0 fully saturated rings. The van der Waals surface area contributed by atoms with Crippen LogP contribution >= 0.6 is 10.0 Å². The maximum Gasteiger partial charge on any atom is 0.122 e. The molecule has 0 N–H and O–H groups in total. The molecule has 0 unspecified atom stereocenters. The number of hydrogen-bond donors (Lipinski definition) is 0.